The monoisotopic (exact) mass is 622 g/mol. The van der Waals surface area contributed by atoms with E-state index >= 15 is 0 Å². The van der Waals surface area contributed by atoms with Gasteiger partial charge >= 0.3 is 6.09 Å². The number of carbonyl (C=O) groups is 2. The van der Waals surface area contributed by atoms with E-state index in [1.54, 1.807) is 35.3 Å². The minimum absolute atomic E-state index is 0.0134. The Morgan fingerprint density at radius 1 is 0.838 bits per heavy atom. The molecule has 0 saturated carbocycles. The number of hydrogen-bond acceptors (Lipinski definition) is 14. The van der Waals surface area contributed by atoms with Gasteiger partial charge in [0.2, 0.25) is 6.40 Å². The van der Waals surface area contributed by atoms with Crippen molar-refractivity contribution in [1.29, 1.82) is 0 Å². The van der Waals surface area contributed by atoms with Gasteiger partial charge in [0.1, 0.15) is 13.2 Å². The second-order valence-corrected chi connectivity index (χ2v) is 12.6. The predicted molar refractivity (Wildman–Crippen MR) is 158 cm³/mol. The van der Waals surface area contributed by atoms with Crippen LogP contribution in [0.25, 0.3) is 0 Å². The Balaban J connectivity index is 3.42. The average molecular weight is 623 g/mol. The van der Waals surface area contributed by atoms with E-state index in [1.165, 1.54) is 23.7 Å². The van der Waals surface area contributed by atoms with Gasteiger partial charge < -0.3 is 30.5 Å². The molecule has 0 aromatic rings. The number of carbonyl (C=O) groups excluding carboxylic acids is 2. The summed E-state index contributed by atoms with van der Waals surface area (Å²) in [6.07, 6.45) is 0.662. The Morgan fingerprint density at radius 2 is 1.51 bits per heavy atom. The molecule has 0 aliphatic heterocycles. The van der Waals surface area contributed by atoms with Crippen molar-refractivity contribution in [2.75, 3.05) is 98.6 Å². The van der Waals surface area contributed by atoms with Gasteiger partial charge in [-0.2, -0.15) is 40.2 Å². The van der Waals surface area contributed by atoms with E-state index in [0.717, 1.165) is 28.8 Å². The number of rotatable bonds is 25. The van der Waals surface area contributed by atoms with Crippen LogP contribution in [0.1, 0.15) is 0 Å². The van der Waals surface area contributed by atoms with Gasteiger partial charge in [-0.15, -0.1) is 0 Å². The summed E-state index contributed by atoms with van der Waals surface area (Å²) in [5.41, 5.74) is 1.49. The molecule has 0 radical (unpaired) electrons. The SMILES string of the molecule is O=C(NCCSCCN=CS(=O)CCSCCSC(=O)NCCSCCN=COOCCO)OCCO. The molecule has 0 aliphatic carbocycles. The van der Waals surface area contributed by atoms with Crippen LogP contribution in [-0.2, 0) is 25.3 Å². The Morgan fingerprint density at radius 3 is 2.24 bits per heavy atom. The van der Waals surface area contributed by atoms with Crippen LogP contribution in [-0.4, -0.2) is 136 Å². The Bertz CT molecular complexity index is 650. The van der Waals surface area contributed by atoms with Crippen molar-refractivity contribution in [3.63, 3.8) is 0 Å². The van der Waals surface area contributed by atoms with Crippen LogP contribution in [0.3, 0.4) is 0 Å². The minimum atomic E-state index is -1.10. The number of nitrogens with zero attached hydrogens (tertiary/aromatic N) is 2. The summed E-state index contributed by atoms with van der Waals surface area (Å²) in [5, 5.41) is 22.4. The molecular weight excluding hydrogens is 585 g/mol. The van der Waals surface area contributed by atoms with Crippen LogP contribution < -0.4 is 10.6 Å². The second-order valence-electron chi connectivity index (χ2n) is 6.44. The smallest absolute Gasteiger partial charge is 0.407 e. The van der Waals surface area contributed by atoms with Crippen LogP contribution in [0.4, 0.5) is 9.59 Å². The van der Waals surface area contributed by atoms with E-state index < -0.39 is 16.9 Å². The lowest BCUT2D eigenvalue weighted by molar-refractivity contribution is -0.221. The highest BCUT2D eigenvalue weighted by atomic mass is 32.2. The fourth-order valence-corrected chi connectivity index (χ4v) is 6.23. The first-order valence-corrected chi connectivity index (χ1v) is 17.3. The van der Waals surface area contributed by atoms with Crippen molar-refractivity contribution in [2.24, 2.45) is 9.98 Å². The van der Waals surface area contributed by atoms with Crippen molar-refractivity contribution in [3.8, 4) is 0 Å². The topological polar surface area (TPSA) is 168 Å². The molecule has 0 aromatic heterocycles. The average Bonchev–Trinajstić information content (AvgIpc) is 2.89. The molecule has 2 amide bonds. The molecule has 4 N–H and O–H groups in total. The number of aliphatic hydroxyl groups excluding tert-OH is 2. The molecule has 37 heavy (non-hydrogen) atoms. The van der Waals surface area contributed by atoms with Crippen LogP contribution >= 0.6 is 47.0 Å². The lowest BCUT2D eigenvalue weighted by atomic mass is 10.7. The molecule has 0 heterocycles. The molecule has 0 rings (SSSR count). The molecule has 0 saturated heterocycles. The van der Waals surface area contributed by atoms with Gasteiger partial charge in [-0.05, 0) is 0 Å². The number of ether oxygens (including phenoxy) is 1. The number of alkyl carbamates (subject to hydrolysis) is 1. The normalized spacial score (nSPS) is 12.2. The van der Waals surface area contributed by atoms with Gasteiger partial charge in [0.25, 0.3) is 5.24 Å². The van der Waals surface area contributed by atoms with E-state index in [2.05, 4.69) is 35.1 Å². The van der Waals surface area contributed by atoms with E-state index in [1.807, 2.05) is 0 Å². The zero-order chi connectivity index (χ0) is 27.2. The number of amides is 2. The lowest BCUT2D eigenvalue weighted by Crippen LogP contribution is -2.27. The highest BCUT2D eigenvalue weighted by Gasteiger charge is 2.02. The number of hydrogen-bond donors (Lipinski definition) is 4. The van der Waals surface area contributed by atoms with Gasteiger partial charge in [0.15, 0.2) is 0 Å². The Labute approximate surface area is 238 Å². The van der Waals surface area contributed by atoms with Crippen LogP contribution in [0.15, 0.2) is 9.98 Å². The molecule has 12 nitrogen and oxygen atoms in total. The first-order valence-electron chi connectivity index (χ1n) is 11.5. The largest absolute Gasteiger partial charge is 0.447 e. The summed E-state index contributed by atoms with van der Waals surface area (Å²) in [4.78, 5) is 40.3. The van der Waals surface area contributed by atoms with Gasteiger partial charge in [0, 0.05) is 65.7 Å². The van der Waals surface area contributed by atoms with Crippen molar-refractivity contribution in [3.05, 3.63) is 0 Å². The number of aliphatic hydroxyl groups is 2. The summed E-state index contributed by atoms with van der Waals surface area (Å²) in [6, 6.07) is 0. The third-order valence-corrected chi connectivity index (χ3v) is 8.76. The molecule has 0 aliphatic rings. The Hall–Kier alpha value is -0.690. The summed E-state index contributed by atoms with van der Waals surface area (Å²) in [5.74, 6) is 5.85. The van der Waals surface area contributed by atoms with Gasteiger partial charge in [-0.25, -0.2) is 4.79 Å². The first kappa shape index (κ1) is 36.3. The summed E-state index contributed by atoms with van der Waals surface area (Å²) in [6.45, 7) is 1.99. The maximum absolute atomic E-state index is 11.9. The third kappa shape index (κ3) is 29.7. The fourth-order valence-electron chi connectivity index (χ4n) is 1.95. The molecule has 0 fully saturated rings. The van der Waals surface area contributed by atoms with E-state index in [0.29, 0.717) is 43.4 Å². The predicted octanol–water partition coefficient (Wildman–Crippen LogP) is 1.09. The number of aliphatic imine (C=N–C) groups is 2. The summed E-state index contributed by atoms with van der Waals surface area (Å²) in [7, 11) is -1.10. The van der Waals surface area contributed by atoms with E-state index in [9.17, 15) is 13.8 Å². The maximum atomic E-state index is 11.9. The molecule has 0 spiro atoms. The Kier molecular flexibility index (Phi) is 29.3. The van der Waals surface area contributed by atoms with Crippen LogP contribution in [0, 0.1) is 0 Å². The third-order valence-electron chi connectivity index (χ3n) is 3.53. The number of nitrogens with one attached hydrogen (secondary N) is 2. The molecule has 17 heteroatoms. The molecular formula is C20H38N4O8S5. The molecule has 0 aromatic carbocycles. The highest BCUT2D eigenvalue weighted by molar-refractivity contribution is 8.14. The zero-order valence-corrected chi connectivity index (χ0v) is 24.8. The fraction of sp³-hybridized carbons (Fsp3) is 0.800. The summed E-state index contributed by atoms with van der Waals surface area (Å²) >= 11 is 6.20. The standard InChI is InChI=1S/C20H38N4O8S5/c25-5-7-30-19(27)23-3-11-34-10-2-22-18-37(29)16-15-35-13-14-36-20(28)24-4-12-33-9-1-21-17-32-31-8-6-26/h17-18,25-26H,1-16H2,(H,23,27)(H,24,28). The zero-order valence-electron chi connectivity index (χ0n) is 20.7. The summed E-state index contributed by atoms with van der Waals surface area (Å²) < 4.78 is 16.6. The molecule has 1 atom stereocenters. The molecule has 1 unspecified atom stereocenters. The highest BCUT2D eigenvalue weighted by Crippen LogP contribution is 2.08. The minimum Gasteiger partial charge on any atom is -0.447 e. The lowest BCUT2D eigenvalue weighted by Gasteiger charge is -2.05. The van der Waals surface area contributed by atoms with E-state index in [-0.39, 0.29) is 31.7 Å². The van der Waals surface area contributed by atoms with Crippen molar-refractivity contribution in [1.82, 2.24) is 10.6 Å². The van der Waals surface area contributed by atoms with Gasteiger partial charge in [0.05, 0.1) is 36.1 Å². The second kappa shape index (κ2) is 29.9. The quantitative estimate of drug-likeness (QED) is 0.0377. The molecule has 216 valence electrons. The van der Waals surface area contributed by atoms with Gasteiger partial charge in [-0.1, -0.05) is 11.8 Å². The number of thioether (sulfide) groups is 4. The van der Waals surface area contributed by atoms with Crippen molar-refractivity contribution in [2.45, 2.75) is 0 Å². The van der Waals surface area contributed by atoms with Crippen molar-refractivity contribution < 1.29 is 38.5 Å². The van der Waals surface area contributed by atoms with Crippen LogP contribution in [0.5, 0.6) is 0 Å². The van der Waals surface area contributed by atoms with Crippen molar-refractivity contribution >= 4 is 81.1 Å². The van der Waals surface area contributed by atoms with Gasteiger partial charge in [-0.3, -0.25) is 19.0 Å². The molecule has 0 bridgehead atoms. The maximum Gasteiger partial charge on any atom is 0.407 e. The first-order chi connectivity index (χ1) is 18.1. The van der Waals surface area contributed by atoms with E-state index in [4.69, 9.17) is 10.2 Å². The van der Waals surface area contributed by atoms with Crippen LogP contribution in [0.2, 0.25) is 0 Å².